The van der Waals surface area contributed by atoms with Gasteiger partial charge in [0.15, 0.2) is 5.82 Å². The summed E-state index contributed by atoms with van der Waals surface area (Å²) in [6, 6.07) is 8.34. The first kappa shape index (κ1) is 16.3. The standard InChI is InChI=1S/C17H21N3O4/c1-12-9-16(19-24-12)18-17(22)20(11-14-6-4-8-23-14)10-13-5-2-3-7-15(13)21/h2-3,5,7,9,14,21H,4,6,8,10-11H2,1H3,(H,18,19,22). The number of aryl methyl sites for hydroxylation is 1. The minimum atomic E-state index is -0.304. The van der Waals surface area contributed by atoms with Crippen LogP contribution in [-0.2, 0) is 11.3 Å². The SMILES string of the molecule is Cc1cc(NC(=O)N(Cc2ccccc2O)CC2CCCO2)no1. The predicted molar refractivity (Wildman–Crippen MR) is 87.7 cm³/mol. The highest BCUT2D eigenvalue weighted by atomic mass is 16.5. The molecule has 1 aliphatic rings. The van der Waals surface area contributed by atoms with Crippen molar-refractivity contribution in [1.82, 2.24) is 10.1 Å². The van der Waals surface area contributed by atoms with Gasteiger partial charge in [0.05, 0.1) is 12.6 Å². The van der Waals surface area contributed by atoms with Gasteiger partial charge in [-0.25, -0.2) is 4.79 Å². The Balaban J connectivity index is 1.72. The second-order valence-electron chi connectivity index (χ2n) is 5.90. The number of aromatic hydroxyl groups is 1. The summed E-state index contributed by atoms with van der Waals surface area (Å²) in [7, 11) is 0. The van der Waals surface area contributed by atoms with Crippen molar-refractivity contribution in [3.05, 3.63) is 41.7 Å². The van der Waals surface area contributed by atoms with E-state index in [9.17, 15) is 9.90 Å². The largest absolute Gasteiger partial charge is 0.508 e. The smallest absolute Gasteiger partial charge is 0.323 e. The number of hydrogen-bond donors (Lipinski definition) is 2. The quantitative estimate of drug-likeness (QED) is 0.879. The van der Waals surface area contributed by atoms with Crippen molar-refractivity contribution in [2.75, 3.05) is 18.5 Å². The van der Waals surface area contributed by atoms with Crippen molar-refractivity contribution >= 4 is 11.8 Å². The van der Waals surface area contributed by atoms with Gasteiger partial charge in [0, 0.05) is 24.8 Å². The first-order chi connectivity index (χ1) is 11.6. The highest BCUT2D eigenvalue weighted by molar-refractivity contribution is 5.88. The molecule has 3 rings (SSSR count). The molecule has 1 aliphatic heterocycles. The minimum Gasteiger partial charge on any atom is -0.508 e. The molecule has 1 fully saturated rings. The Morgan fingerprint density at radius 1 is 1.46 bits per heavy atom. The average Bonchev–Trinajstić information content (AvgIpc) is 3.20. The van der Waals surface area contributed by atoms with E-state index in [1.807, 2.05) is 6.07 Å². The van der Waals surface area contributed by atoms with E-state index >= 15 is 0 Å². The molecule has 0 spiro atoms. The van der Waals surface area contributed by atoms with Crippen LogP contribution in [-0.4, -0.2) is 40.4 Å². The number of nitrogens with zero attached hydrogens (tertiary/aromatic N) is 2. The molecule has 1 unspecified atom stereocenters. The van der Waals surface area contributed by atoms with Gasteiger partial charge in [-0.05, 0) is 25.8 Å². The maximum atomic E-state index is 12.6. The lowest BCUT2D eigenvalue weighted by atomic mass is 10.1. The van der Waals surface area contributed by atoms with Crippen LogP contribution in [0.5, 0.6) is 5.75 Å². The summed E-state index contributed by atoms with van der Waals surface area (Å²) in [5.41, 5.74) is 0.682. The molecule has 7 heteroatoms. The number of amides is 2. The van der Waals surface area contributed by atoms with E-state index in [4.69, 9.17) is 9.26 Å². The van der Waals surface area contributed by atoms with Crippen LogP contribution in [0.3, 0.4) is 0 Å². The summed E-state index contributed by atoms with van der Waals surface area (Å²) in [5, 5.41) is 16.5. The van der Waals surface area contributed by atoms with Crippen LogP contribution in [0.4, 0.5) is 10.6 Å². The molecule has 0 saturated carbocycles. The Kier molecular flexibility index (Phi) is 5.00. The third-order valence-corrected chi connectivity index (χ3v) is 3.95. The lowest BCUT2D eigenvalue weighted by Crippen LogP contribution is -2.39. The van der Waals surface area contributed by atoms with Gasteiger partial charge in [-0.15, -0.1) is 0 Å². The number of carbonyl (C=O) groups is 1. The number of phenolic OH excluding ortho intramolecular Hbond substituents is 1. The summed E-state index contributed by atoms with van der Waals surface area (Å²) in [6.07, 6.45) is 1.94. The molecule has 2 heterocycles. The molecule has 1 aromatic heterocycles. The van der Waals surface area contributed by atoms with Crippen LogP contribution in [0.2, 0.25) is 0 Å². The molecule has 0 radical (unpaired) electrons. The third-order valence-electron chi connectivity index (χ3n) is 3.95. The number of anilines is 1. The molecule has 1 aromatic carbocycles. The zero-order chi connectivity index (χ0) is 16.9. The molecule has 2 aromatic rings. The fourth-order valence-corrected chi connectivity index (χ4v) is 2.72. The topological polar surface area (TPSA) is 87.8 Å². The second-order valence-corrected chi connectivity index (χ2v) is 5.90. The number of phenols is 1. The van der Waals surface area contributed by atoms with E-state index in [1.54, 1.807) is 36.1 Å². The summed E-state index contributed by atoms with van der Waals surface area (Å²) in [4.78, 5) is 14.2. The van der Waals surface area contributed by atoms with Crippen molar-refractivity contribution < 1.29 is 19.2 Å². The molecule has 0 bridgehead atoms. The maximum Gasteiger partial charge on any atom is 0.323 e. The fourth-order valence-electron chi connectivity index (χ4n) is 2.72. The summed E-state index contributed by atoms with van der Waals surface area (Å²) in [6.45, 7) is 3.22. The summed E-state index contributed by atoms with van der Waals surface area (Å²) in [5.74, 6) is 1.16. The van der Waals surface area contributed by atoms with E-state index in [-0.39, 0.29) is 24.4 Å². The number of carbonyl (C=O) groups excluding carboxylic acids is 1. The highest BCUT2D eigenvalue weighted by Crippen LogP contribution is 2.21. The predicted octanol–water partition coefficient (Wildman–Crippen LogP) is 2.90. The summed E-state index contributed by atoms with van der Waals surface area (Å²) >= 11 is 0. The normalized spacial score (nSPS) is 17.0. The van der Waals surface area contributed by atoms with Gasteiger partial charge in [-0.3, -0.25) is 5.32 Å². The van der Waals surface area contributed by atoms with Gasteiger partial charge in [-0.2, -0.15) is 0 Å². The number of nitrogens with one attached hydrogen (secondary N) is 1. The lowest BCUT2D eigenvalue weighted by molar-refractivity contribution is 0.0817. The molecule has 128 valence electrons. The molecule has 1 atom stereocenters. The van der Waals surface area contributed by atoms with Crippen LogP contribution >= 0.6 is 0 Å². The van der Waals surface area contributed by atoms with E-state index in [0.717, 1.165) is 19.4 Å². The Labute approximate surface area is 140 Å². The van der Waals surface area contributed by atoms with Gasteiger partial charge in [0.2, 0.25) is 0 Å². The van der Waals surface area contributed by atoms with Crippen LogP contribution in [0.1, 0.15) is 24.2 Å². The molecule has 24 heavy (non-hydrogen) atoms. The molecule has 1 saturated heterocycles. The van der Waals surface area contributed by atoms with Gasteiger partial charge in [-0.1, -0.05) is 23.4 Å². The van der Waals surface area contributed by atoms with Crippen LogP contribution in [0, 0.1) is 6.92 Å². The van der Waals surface area contributed by atoms with Crippen molar-refractivity contribution in [3.63, 3.8) is 0 Å². The first-order valence-electron chi connectivity index (χ1n) is 7.99. The molecule has 2 amide bonds. The Bertz CT molecular complexity index is 695. The number of aromatic nitrogens is 1. The number of urea groups is 1. The first-order valence-corrected chi connectivity index (χ1v) is 7.99. The van der Waals surface area contributed by atoms with Crippen molar-refractivity contribution in [2.24, 2.45) is 0 Å². The molecule has 0 aliphatic carbocycles. The van der Waals surface area contributed by atoms with Crippen molar-refractivity contribution in [2.45, 2.75) is 32.4 Å². The van der Waals surface area contributed by atoms with Gasteiger partial charge < -0.3 is 19.3 Å². The zero-order valence-corrected chi connectivity index (χ0v) is 13.6. The van der Waals surface area contributed by atoms with E-state index in [1.165, 1.54) is 0 Å². The average molecular weight is 331 g/mol. The number of benzene rings is 1. The number of rotatable bonds is 5. The number of para-hydroxylation sites is 1. The molecule has 2 N–H and O–H groups in total. The maximum absolute atomic E-state index is 12.6. The minimum absolute atomic E-state index is 0.0145. The van der Waals surface area contributed by atoms with E-state index in [0.29, 0.717) is 23.7 Å². The van der Waals surface area contributed by atoms with E-state index < -0.39 is 0 Å². The molecule has 7 nitrogen and oxygen atoms in total. The van der Waals surface area contributed by atoms with Crippen LogP contribution < -0.4 is 5.32 Å². The van der Waals surface area contributed by atoms with Crippen LogP contribution in [0.25, 0.3) is 0 Å². The molecular weight excluding hydrogens is 310 g/mol. The molecular formula is C17H21N3O4. The monoisotopic (exact) mass is 331 g/mol. The Morgan fingerprint density at radius 3 is 2.96 bits per heavy atom. The van der Waals surface area contributed by atoms with Crippen LogP contribution in [0.15, 0.2) is 34.9 Å². The van der Waals surface area contributed by atoms with Gasteiger partial charge in [0.1, 0.15) is 11.5 Å². The second kappa shape index (κ2) is 7.35. The Morgan fingerprint density at radius 2 is 2.29 bits per heavy atom. The highest BCUT2D eigenvalue weighted by Gasteiger charge is 2.24. The van der Waals surface area contributed by atoms with E-state index in [2.05, 4.69) is 10.5 Å². The lowest BCUT2D eigenvalue weighted by Gasteiger charge is -2.25. The zero-order valence-electron chi connectivity index (χ0n) is 13.6. The number of ether oxygens (including phenoxy) is 1. The van der Waals surface area contributed by atoms with Crippen molar-refractivity contribution in [1.29, 1.82) is 0 Å². The number of hydrogen-bond acceptors (Lipinski definition) is 5. The van der Waals surface area contributed by atoms with Gasteiger partial charge in [0.25, 0.3) is 0 Å². The third kappa shape index (κ3) is 4.05. The summed E-state index contributed by atoms with van der Waals surface area (Å²) < 4.78 is 10.6. The van der Waals surface area contributed by atoms with Crippen molar-refractivity contribution in [3.8, 4) is 5.75 Å². The fraction of sp³-hybridized carbons (Fsp3) is 0.412. The van der Waals surface area contributed by atoms with Gasteiger partial charge >= 0.3 is 6.03 Å². The Hall–Kier alpha value is -2.54.